The molecule has 2 aromatic rings. The van der Waals surface area contributed by atoms with E-state index in [-0.39, 0.29) is 18.4 Å². The zero-order valence-electron chi connectivity index (χ0n) is 12.2. The van der Waals surface area contributed by atoms with E-state index >= 15 is 0 Å². The third kappa shape index (κ3) is 4.02. The lowest BCUT2D eigenvalue weighted by molar-refractivity contribution is 0.245. The Morgan fingerprint density at radius 2 is 1.76 bits per heavy atom. The Morgan fingerprint density at radius 1 is 1.10 bits per heavy atom. The maximum Gasteiger partial charge on any atom is 0.190 e. The molecule has 1 atom stereocenters. The highest BCUT2D eigenvalue weighted by Crippen LogP contribution is 2.23. The summed E-state index contributed by atoms with van der Waals surface area (Å²) in [5, 5.41) is 3.27. The normalized spacial score (nSPS) is 12.2. The summed E-state index contributed by atoms with van der Waals surface area (Å²) in [6.07, 6.45) is 0. The molecule has 21 heavy (non-hydrogen) atoms. The van der Waals surface area contributed by atoms with E-state index in [1.165, 1.54) is 18.2 Å². The molecule has 0 radical (unpaired) electrons. The van der Waals surface area contributed by atoms with Crippen molar-refractivity contribution in [2.24, 2.45) is 0 Å². The van der Waals surface area contributed by atoms with Crippen molar-refractivity contribution < 1.29 is 13.5 Å². The molecule has 1 N–H and O–H groups in total. The van der Waals surface area contributed by atoms with Gasteiger partial charge in [0.25, 0.3) is 0 Å². The molecule has 2 nitrogen and oxygen atoms in total. The number of para-hydroxylation sites is 1. The second kappa shape index (κ2) is 7.18. The van der Waals surface area contributed by atoms with Crippen molar-refractivity contribution in [1.82, 2.24) is 5.32 Å². The predicted molar refractivity (Wildman–Crippen MR) is 79.4 cm³/mol. The lowest BCUT2D eigenvalue weighted by Crippen LogP contribution is -2.27. The van der Waals surface area contributed by atoms with Crippen molar-refractivity contribution in [1.29, 1.82) is 0 Å². The van der Waals surface area contributed by atoms with Crippen LogP contribution in [-0.4, -0.2) is 13.2 Å². The van der Waals surface area contributed by atoms with Crippen LogP contribution < -0.4 is 10.1 Å². The summed E-state index contributed by atoms with van der Waals surface area (Å²) in [5.41, 5.74) is 2.17. The first-order chi connectivity index (χ1) is 10.1. The molecule has 0 aliphatic heterocycles. The van der Waals surface area contributed by atoms with Gasteiger partial charge in [-0.2, -0.15) is 0 Å². The summed E-state index contributed by atoms with van der Waals surface area (Å²) in [7, 11) is 0. The molecule has 0 aromatic heterocycles. The molecule has 2 rings (SSSR count). The number of ether oxygens (including phenoxy) is 1. The highest BCUT2D eigenvalue weighted by atomic mass is 19.1. The predicted octanol–water partition coefficient (Wildman–Crippen LogP) is 4.00. The lowest BCUT2D eigenvalue weighted by atomic mass is 10.1. The quantitative estimate of drug-likeness (QED) is 0.868. The molecule has 4 heteroatoms. The van der Waals surface area contributed by atoms with Crippen molar-refractivity contribution in [3.63, 3.8) is 0 Å². The zero-order chi connectivity index (χ0) is 15.2. The van der Waals surface area contributed by atoms with E-state index in [2.05, 4.69) is 5.32 Å². The fraction of sp³-hybridized carbons (Fsp3) is 0.294. The van der Waals surface area contributed by atoms with Gasteiger partial charge in [0.05, 0.1) is 6.04 Å². The molecule has 1 unspecified atom stereocenters. The van der Waals surface area contributed by atoms with Crippen molar-refractivity contribution in [2.75, 3.05) is 13.2 Å². The largest absolute Gasteiger partial charge is 0.486 e. The Bertz CT molecular complexity index is 581. The number of halogens is 2. The molecule has 0 aliphatic rings. The van der Waals surface area contributed by atoms with Crippen molar-refractivity contribution in [2.45, 2.75) is 19.9 Å². The van der Waals surface area contributed by atoms with E-state index in [0.717, 1.165) is 17.7 Å². The van der Waals surface area contributed by atoms with Gasteiger partial charge in [0.15, 0.2) is 17.4 Å². The van der Waals surface area contributed by atoms with Crippen molar-refractivity contribution in [3.05, 3.63) is 65.2 Å². The van der Waals surface area contributed by atoms with E-state index in [1.807, 2.05) is 38.1 Å². The van der Waals surface area contributed by atoms with Gasteiger partial charge in [0.2, 0.25) is 0 Å². The van der Waals surface area contributed by atoms with Crippen molar-refractivity contribution >= 4 is 0 Å². The minimum Gasteiger partial charge on any atom is -0.486 e. The first-order valence-corrected chi connectivity index (χ1v) is 6.98. The number of benzene rings is 2. The number of nitrogens with one attached hydrogen (secondary N) is 1. The van der Waals surface area contributed by atoms with Gasteiger partial charge in [-0.1, -0.05) is 42.8 Å². The van der Waals surface area contributed by atoms with Crippen LogP contribution in [0, 0.1) is 18.6 Å². The first kappa shape index (κ1) is 15.4. The van der Waals surface area contributed by atoms with Crippen LogP contribution in [0.25, 0.3) is 0 Å². The Kier molecular flexibility index (Phi) is 5.28. The van der Waals surface area contributed by atoms with Gasteiger partial charge in [0, 0.05) is 0 Å². The third-order valence-electron chi connectivity index (χ3n) is 3.21. The van der Waals surface area contributed by atoms with Crippen LogP contribution in [0.15, 0.2) is 42.5 Å². The summed E-state index contributed by atoms with van der Waals surface area (Å²) in [6, 6.07) is 11.5. The molecule has 0 amide bonds. The van der Waals surface area contributed by atoms with Gasteiger partial charge < -0.3 is 10.1 Å². The van der Waals surface area contributed by atoms with E-state index in [1.54, 1.807) is 0 Å². The van der Waals surface area contributed by atoms with E-state index in [4.69, 9.17) is 4.74 Å². The highest BCUT2D eigenvalue weighted by Gasteiger charge is 2.15. The van der Waals surface area contributed by atoms with E-state index < -0.39 is 11.6 Å². The molecule has 0 saturated heterocycles. The fourth-order valence-electron chi connectivity index (χ4n) is 2.19. The Balaban J connectivity index is 2.14. The molecule has 2 aromatic carbocycles. The minimum absolute atomic E-state index is 0.117. The van der Waals surface area contributed by atoms with Gasteiger partial charge in [-0.05, 0) is 31.2 Å². The Labute approximate surface area is 123 Å². The standard InChI is InChI=1S/C17H19F2NO/c1-3-20-16(13-7-4-6-12(2)10-13)11-21-17-14(18)8-5-9-15(17)19/h4-10,16,20H,3,11H2,1-2H3. The van der Waals surface area contributed by atoms with Crippen LogP contribution in [0.2, 0.25) is 0 Å². The molecule has 0 bridgehead atoms. The van der Waals surface area contributed by atoms with Gasteiger partial charge >= 0.3 is 0 Å². The van der Waals surface area contributed by atoms with Crippen LogP contribution in [0.1, 0.15) is 24.1 Å². The molecule has 112 valence electrons. The Hall–Kier alpha value is -1.94. The highest BCUT2D eigenvalue weighted by molar-refractivity contribution is 5.28. The van der Waals surface area contributed by atoms with Gasteiger partial charge in [-0.15, -0.1) is 0 Å². The van der Waals surface area contributed by atoms with Crippen LogP contribution in [0.3, 0.4) is 0 Å². The summed E-state index contributed by atoms with van der Waals surface area (Å²) in [5.74, 6) is -1.70. The summed E-state index contributed by atoms with van der Waals surface area (Å²) in [6.45, 7) is 4.88. The van der Waals surface area contributed by atoms with E-state index in [9.17, 15) is 8.78 Å². The number of hydrogen-bond acceptors (Lipinski definition) is 2. The molecule has 0 saturated carbocycles. The summed E-state index contributed by atoms with van der Waals surface area (Å²) >= 11 is 0. The lowest BCUT2D eigenvalue weighted by Gasteiger charge is -2.20. The van der Waals surface area contributed by atoms with E-state index in [0.29, 0.717) is 0 Å². The van der Waals surface area contributed by atoms with Crippen LogP contribution in [0.5, 0.6) is 5.75 Å². The van der Waals surface area contributed by atoms with Gasteiger partial charge in [0.1, 0.15) is 6.61 Å². The molecule has 0 spiro atoms. The SMILES string of the molecule is CCNC(COc1c(F)cccc1F)c1cccc(C)c1. The van der Waals surface area contributed by atoms with Gasteiger partial charge in [-0.3, -0.25) is 0 Å². The van der Waals surface area contributed by atoms with Crippen LogP contribution >= 0.6 is 0 Å². The molecular weight excluding hydrogens is 272 g/mol. The molecule has 0 heterocycles. The minimum atomic E-state index is -0.686. The number of likely N-dealkylation sites (N-methyl/N-ethyl adjacent to an activating group) is 1. The first-order valence-electron chi connectivity index (χ1n) is 6.98. The Morgan fingerprint density at radius 3 is 2.38 bits per heavy atom. The smallest absolute Gasteiger partial charge is 0.190 e. The van der Waals surface area contributed by atoms with Crippen molar-refractivity contribution in [3.8, 4) is 5.75 Å². The maximum absolute atomic E-state index is 13.6. The van der Waals surface area contributed by atoms with Crippen LogP contribution in [-0.2, 0) is 0 Å². The second-order valence-electron chi connectivity index (χ2n) is 4.89. The number of hydrogen-bond donors (Lipinski definition) is 1. The maximum atomic E-state index is 13.6. The summed E-state index contributed by atoms with van der Waals surface area (Å²) < 4.78 is 32.5. The third-order valence-corrected chi connectivity index (χ3v) is 3.21. The second-order valence-corrected chi connectivity index (χ2v) is 4.89. The monoisotopic (exact) mass is 291 g/mol. The van der Waals surface area contributed by atoms with Gasteiger partial charge in [-0.25, -0.2) is 8.78 Å². The fourth-order valence-corrected chi connectivity index (χ4v) is 2.19. The average molecular weight is 291 g/mol. The molecular formula is C17H19F2NO. The zero-order valence-corrected chi connectivity index (χ0v) is 12.2. The average Bonchev–Trinajstić information content (AvgIpc) is 2.45. The number of rotatable bonds is 6. The molecule has 0 fully saturated rings. The topological polar surface area (TPSA) is 21.3 Å². The van der Waals surface area contributed by atoms with Crippen LogP contribution in [0.4, 0.5) is 8.78 Å². The number of aryl methyl sites for hydroxylation is 1. The molecule has 0 aliphatic carbocycles. The summed E-state index contributed by atoms with van der Waals surface area (Å²) in [4.78, 5) is 0.